The van der Waals surface area contributed by atoms with E-state index in [4.69, 9.17) is 4.74 Å². The molecule has 1 saturated heterocycles. The first-order valence-electron chi connectivity index (χ1n) is 5.83. The Morgan fingerprint density at radius 3 is 2.44 bits per heavy atom. The zero-order valence-corrected chi connectivity index (χ0v) is 12.6. The summed E-state index contributed by atoms with van der Waals surface area (Å²) in [4.78, 5) is 0.334. The Hall–Kier alpha value is -0.430. The largest absolute Gasteiger partial charge is 0.381 e. The third kappa shape index (κ3) is 2.77. The van der Waals surface area contributed by atoms with E-state index in [0.29, 0.717) is 22.5 Å². The van der Waals surface area contributed by atoms with Gasteiger partial charge in [0, 0.05) is 24.7 Å². The number of hydrogen-bond donors (Lipinski definition) is 0. The molecular weight excluding hydrogens is 318 g/mol. The Kier molecular flexibility index (Phi) is 4.42. The number of piperidine rings is 1. The van der Waals surface area contributed by atoms with Crippen LogP contribution in [0.5, 0.6) is 0 Å². The van der Waals surface area contributed by atoms with Crippen LogP contribution < -0.4 is 0 Å². The van der Waals surface area contributed by atoms with Crippen LogP contribution in [0.25, 0.3) is 0 Å². The van der Waals surface area contributed by atoms with E-state index >= 15 is 0 Å². The minimum Gasteiger partial charge on any atom is -0.381 e. The average Bonchev–Trinajstić information content (AvgIpc) is 2.39. The first-order chi connectivity index (χ1) is 8.55. The summed E-state index contributed by atoms with van der Waals surface area (Å²) in [5, 5.41) is 0. The molecule has 2 rings (SSSR count). The molecule has 6 heteroatoms. The van der Waals surface area contributed by atoms with Gasteiger partial charge < -0.3 is 4.74 Å². The van der Waals surface area contributed by atoms with E-state index in [1.807, 2.05) is 0 Å². The van der Waals surface area contributed by atoms with Gasteiger partial charge in [-0.1, -0.05) is 12.1 Å². The third-order valence-corrected chi connectivity index (χ3v) is 6.10. The lowest BCUT2D eigenvalue weighted by molar-refractivity contribution is 0.0604. The predicted molar refractivity (Wildman–Crippen MR) is 72.9 cm³/mol. The average molecular weight is 334 g/mol. The van der Waals surface area contributed by atoms with Crippen molar-refractivity contribution in [3.63, 3.8) is 0 Å². The maximum atomic E-state index is 12.5. The van der Waals surface area contributed by atoms with Crippen LogP contribution in [0, 0.1) is 0 Å². The van der Waals surface area contributed by atoms with Gasteiger partial charge in [0.15, 0.2) is 0 Å². The summed E-state index contributed by atoms with van der Waals surface area (Å²) in [5.74, 6) is 0. The van der Waals surface area contributed by atoms with Crippen molar-refractivity contribution in [1.82, 2.24) is 4.31 Å². The fourth-order valence-electron chi connectivity index (χ4n) is 2.10. The summed E-state index contributed by atoms with van der Waals surface area (Å²) >= 11 is 3.29. The van der Waals surface area contributed by atoms with E-state index in [2.05, 4.69) is 15.9 Å². The third-order valence-electron chi connectivity index (χ3n) is 3.19. The molecule has 0 amide bonds. The van der Waals surface area contributed by atoms with Crippen molar-refractivity contribution in [2.75, 3.05) is 20.2 Å². The lowest BCUT2D eigenvalue weighted by Crippen LogP contribution is -2.40. The molecular formula is C12H16BrNO3S. The first-order valence-corrected chi connectivity index (χ1v) is 8.06. The van der Waals surface area contributed by atoms with Crippen molar-refractivity contribution in [2.24, 2.45) is 0 Å². The molecule has 0 N–H and O–H groups in total. The Bertz CT molecular complexity index is 510. The van der Waals surface area contributed by atoms with Gasteiger partial charge in [-0.25, -0.2) is 8.42 Å². The van der Waals surface area contributed by atoms with Gasteiger partial charge in [-0.3, -0.25) is 0 Å². The van der Waals surface area contributed by atoms with E-state index in [0.717, 1.165) is 12.8 Å². The van der Waals surface area contributed by atoms with Crippen LogP contribution in [0.1, 0.15) is 12.8 Å². The highest BCUT2D eigenvalue weighted by Crippen LogP contribution is 2.27. The molecule has 1 heterocycles. The zero-order valence-electron chi connectivity index (χ0n) is 10.2. The van der Waals surface area contributed by atoms with E-state index < -0.39 is 10.0 Å². The van der Waals surface area contributed by atoms with Crippen LogP contribution in [-0.4, -0.2) is 39.0 Å². The van der Waals surface area contributed by atoms with Crippen LogP contribution in [0.3, 0.4) is 0 Å². The van der Waals surface area contributed by atoms with E-state index in [1.165, 1.54) is 4.31 Å². The van der Waals surface area contributed by atoms with Crippen LogP contribution in [0.15, 0.2) is 33.6 Å². The number of ether oxygens (including phenoxy) is 1. The molecule has 100 valence electrons. The molecule has 1 aromatic carbocycles. The number of hydrogen-bond acceptors (Lipinski definition) is 3. The maximum Gasteiger partial charge on any atom is 0.244 e. The minimum atomic E-state index is -3.39. The Labute approximate surface area is 116 Å². The molecule has 4 nitrogen and oxygen atoms in total. The second kappa shape index (κ2) is 5.69. The van der Waals surface area contributed by atoms with Gasteiger partial charge in [0.2, 0.25) is 10.0 Å². The molecule has 1 aliphatic rings. The quantitative estimate of drug-likeness (QED) is 0.852. The number of nitrogens with zero attached hydrogens (tertiary/aromatic N) is 1. The van der Waals surface area contributed by atoms with Crippen LogP contribution in [0.4, 0.5) is 0 Å². The summed E-state index contributed by atoms with van der Waals surface area (Å²) in [5.41, 5.74) is 0. The molecule has 18 heavy (non-hydrogen) atoms. The topological polar surface area (TPSA) is 46.6 Å². The SMILES string of the molecule is COC1CCN(S(=O)(=O)c2ccccc2Br)CC1. The summed E-state index contributed by atoms with van der Waals surface area (Å²) in [7, 11) is -1.72. The van der Waals surface area contributed by atoms with Crippen molar-refractivity contribution in [2.45, 2.75) is 23.8 Å². The standard InChI is InChI=1S/C12H16BrNO3S/c1-17-10-6-8-14(9-7-10)18(15,16)12-5-3-2-4-11(12)13/h2-5,10H,6-9H2,1H3. The molecule has 1 aliphatic heterocycles. The van der Waals surface area contributed by atoms with Gasteiger partial charge in [0.05, 0.1) is 11.0 Å². The second-order valence-corrected chi connectivity index (χ2v) is 7.03. The van der Waals surface area contributed by atoms with E-state index in [-0.39, 0.29) is 6.10 Å². The van der Waals surface area contributed by atoms with Gasteiger partial charge in [0.1, 0.15) is 0 Å². The minimum absolute atomic E-state index is 0.177. The zero-order chi connectivity index (χ0) is 13.2. The van der Waals surface area contributed by atoms with Crippen LogP contribution in [-0.2, 0) is 14.8 Å². The van der Waals surface area contributed by atoms with E-state index in [9.17, 15) is 8.42 Å². The number of rotatable bonds is 3. The fourth-order valence-corrected chi connectivity index (χ4v) is 4.53. The highest BCUT2D eigenvalue weighted by atomic mass is 79.9. The molecule has 0 bridgehead atoms. The number of methoxy groups -OCH3 is 1. The number of halogens is 1. The molecule has 1 fully saturated rings. The smallest absolute Gasteiger partial charge is 0.244 e. The first kappa shape index (κ1) is 14.0. The van der Waals surface area contributed by atoms with Gasteiger partial charge in [-0.2, -0.15) is 4.31 Å². The number of benzene rings is 1. The van der Waals surface area contributed by atoms with Gasteiger partial charge >= 0.3 is 0 Å². The van der Waals surface area contributed by atoms with Crippen molar-refractivity contribution in [3.8, 4) is 0 Å². The summed E-state index contributed by atoms with van der Waals surface area (Å²) in [6, 6.07) is 6.91. The Morgan fingerprint density at radius 2 is 1.89 bits per heavy atom. The fraction of sp³-hybridized carbons (Fsp3) is 0.500. The highest BCUT2D eigenvalue weighted by molar-refractivity contribution is 9.10. The van der Waals surface area contributed by atoms with Crippen LogP contribution in [0.2, 0.25) is 0 Å². The lowest BCUT2D eigenvalue weighted by atomic mass is 10.1. The predicted octanol–water partition coefficient (Wildman–Crippen LogP) is 2.25. The van der Waals surface area contributed by atoms with Gasteiger partial charge in [-0.15, -0.1) is 0 Å². The highest BCUT2D eigenvalue weighted by Gasteiger charge is 2.30. The van der Waals surface area contributed by atoms with Crippen molar-refractivity contribution >= 4 is 26.0 Å². The summed E-state index contributed by atoms with van der Waals surface area (Å²) in [6.07, 6.45) is 1.68. The van der Waals surface area contributed by atoms with Crippen molar-refractivity contribution in [1.29, 1.82) is 0 Å². The molecule has 0 atom stereocenters. The van der Waals surface area contributed by atoms with Crippen molar-refractivity contribution < 1.29 is 13.2 Å². The summed E-state index contributed by atoms with van der Waals surface area (Å²) < 4.78 is 32.3. The number of sulfonamides is 1. The molecule has 0 spiro atoms. The molecule has 0 unspecified atom stereocenters. The second-order valence-electron chi connectivity index (χ2n) is 4.27. The van der Waals surface area contributed by atoms with Gasteiger partial charge in [0.25, 0.3) is 0 Å². The lowest BCUT2D eigenvalue weighted by Gasteiger charge is -2.30. The molecule has 0 radical (unpaired) electrons. The maximum absolute atomic E-state index is 12.5. The normalized spacial score (nSPS) is 19.0. The summed E-state index contributed by atoms with van der Waals surface area (Å²) in [6.45, 7) is 1.03. The monoisotopic (exact) mass is 333 g/mol. The van der Waals surface area contributed by atoms with Gasteiger partial charge in [-0.05, 0) is 40.9 Å². The van der Waals surface area contributed by atoms with Crippen LogP contribution >= 0.6 is 15.9 Å². The molecule has 0 aromatic heterocycles. The van der Waals surface area contributed by atoms with E-state index in [1.54, 1.807) is 31.4 Å². The molecule has 1 aromatic rings. The van der Waals surface area contributed by atoms with Crippen molar-refractivity contribution in [3.05, 3.63) is 28.7 Å². The molecule has 0 saturated carbocycles. The molecule has 0 aliphatic carbocycles. The Morgan fingerprint density at radius 1 is 1.28 bits per heavy atom. The Balaban J connectivity index is 2.20.